The Balaban J connectivity index is 1.26. The Hall–Kier alpha value is -3.58. The Bertz CT molecular complexity index is 1390. The highest BCUT2D eigenvalue weighted by Crippen LogP contribution is 2.49. The van der Waals surface area contributed by atoms with E-state index in [4.69, 9.17) is 0 Å². The lowest BCUT2D eigenvalue weighted by molar-refractivity contribution is 0.660. The smallest absolute Gasteiger partial charge is 0.0390 e. The summed E-state index contributed by atoms with van der Waals surface area (Å²) < 4.78 is 0. The monoisotopic (exact) mass is 427 g/mol. The van der Waals surface area contributed by atoms with Crippen LogP contribution in [-0.4, -0.2) is 0 Å². The highest BCUT2D eigenvalue weighted by atomic mass is 14.9. The van der Waals surface area contributed by atoms with Gasteiger partial charge >= 0.3 is 0 Å². The predicted octanol–water partition coefficient (Wildman–Crippen LogP) is 8.61. The number of benzene rings is 4. The number of rotatable bonds is 3. The van der Waals surface area contributed by atoms with Gasteiger partial charge in [0, 0.05) is 16.8 Å². The van der Waals surface area contributed by atoms with Crippen LogP contribution in [-0.2, 0) is 11.8 Å². The second-order valence-corrected chi connectivity index (χ2v) is 10.1. The van der Waals surface area contributed by atoms with E-state index >= 15 is 0 Å². The fourth-order valence-corrected chi connectivity index (χ4v) is 5.49. The first kappa shape index (κ1) is 20.1. The van der Waals surface area contributed by atoms with Crippen LogP contribution in [0.1, 0.15) is 43.0 Å². The first-order chi connectivity index (χ1) is 16.0. The number of nitrogens with one attached hydrogen (secondary N) is 1. The van der Waals surface area contributed by atoms with E-state index in [0.29, 0.717) is 5.92 Å². The minimum atomic E-state index is 0.0299. The maximum atomic E-state index is 3.58. The summed E-state index contributed by atoms with van der Waals surface area (Å²) in [5.74, 6) is 0.628. The van der Waals surface area contributed by atoms with Gasteiger partial charge in [0.2, 0.25) is 0 Å². The summed E-state index contributed by atoms with van der Waals surface area (Å²) in [5, 5.41) is 3.58. The third kappa shape index (κ3) is 3.40. The first-order valence-electron chi connectivity index (χ1n) is 11.9. The Morgan fingerprint density at radius 1 is 0.727 bits per heavy atom. The summed E-state index contributed by atoms with van der Waals surface area (Å²) in [6.07, 6.45) is 5.69. The molecule has 0 aromatic heterocycles. The van der Waals surface area contributed by atoms with Crippen LogP contribution in [0.15, 0.2) is 91.0 Å². The van der Waals surface area contributed by atoms with E-state index < -0.39 is 0 Å². The first-order valence-corrected chi connectivity index (χ1v) is 11.9. The molecule has 6 rings (SSSR count). The van der Waals surface area contributed by atoms with Gasteiger partial charge in [-0.3, -0.25) is 0 Å². The van der Waals surface area contributed by atoms with Crippen LogP contribution in [0.2, 0.25) is 0 Å². The Morgan fingerprint density at radius 2 is 1.45 bits per heavy atom. The molecule has 0 spiro atoms. The van der Waals surface area contributed by atoms with Crippen molar-refractivity contribution < 1.29 is 0 Å². The molecule has 1 N–H and O–H groups in total. The van der Waals surface area contributed by atoms with Crippen LogP contribution in [0.4, 0.5) is 11.4 Å². The predicted molar refractivity (Wildman–Crippen MR) is 141 cm³/mol. The quantitative estimate of drug-likeness (QED) is 0.345. The SMILES string of the molecule is CC1C=Cc2cc(Nc3ccc(-c4ccc5c(c4)C(C)(C)c4ccccc4-5)cc3)ccc2C1. The molecular weight excluding hydrogens is 398 g/mol. The molecule has 0 radical (unpaired) electrons. The van der Waals surface area contributed by atoms with Crippen molar-refractivity contribution in [3.8, 4) is 22.3 Å². The fourth-order valence-electron chi connectivity index (χ4n) is 5.49. The van der Waals surface area contributed by atoms with Gasteiger partial charge in [0.15, 0.2) is 0 Å². The maximum absolute atomic E-state index is 3.58. The summed E-state index contributed by atoms with van der Waals surface area (Å²) in [7, 11) is 0. The molecule has 0 aliphatic heterocycles. The lowest BCUT2D eigenvalue weighted by Gasteiger charge is -2.22. The topological polar surface area (TPSA) is 12.0 Å². The summed E-state index contributed by atoms with van der Waals surface area (Å²) >= 11 is 0. The summed E-state index contributed by atoms with van der Waals surface area (Å²) in [4.78, 5) is 0. The molecule has 0 saturated heterocycles. The molecule has 2 aliphatic rings. The molecule has 162 valence electrons. The zero-order chi connectivity index (χ0) is 22.6. The Kier molecular flexibility index (Phi) is 4.55. The number of hydrogen-bond acceptors (Lipinski definition) is 1. The number of allylic oxidation sites excluding steroid dienone is 1. The second kappa shape index (κ2) is 7.49. The average Bonchev–Trinajstić information content (AvgIpc) is 3.06. The molecule has 4 aromatic rings. The van der Waals surface area contributed by atoms with Gasteiger partial charge in [-0.15, -0.1) is 0 Å². The number of fused-ring (bicyclic) bond motifs is 4. The minimum absolute atomic E-state index is 0.0299. The second-order valence-electron chi connectivity index (χ2n) is 10.1. The van der Waals surface area contributed by atoms with Gasteiger partial charge in [0.1, 0.15) is 0 Å². The van der Waals surface area contributed by atoms with Crippen molar-refractivity contribution in [3.05, 3.63) is 113 Å². The molecule has 1 nitrogen and oxygen atoms in total. The van der Waals surface area contributed by atoms with E-state index in [1.54, 1.807) is 0 Å². The fraction of sp³-hybridized carbons (Fsp3) is 0.188. The summed E-state index contributed by atoms with van der Waals surface area (Å²) in [5.41, 5.74) is 13.1. The van der Waals surface area contributed by atoms with Crippen LogP contribution >= 0.6 is 0 Å². The summed E-state index contributed by atoms with van der Waals surface area (Å²) in [6.45, 7) is 6.94. The number of hydrogen-bond donors (Lipinski definition) is 1. The highest BCUT2D eigenvalue weighted by molar-refractivity contribution is 5.83. The van der Waals surface area contributed by atoms with Crippen LogP contribution in [0.3, 0.4) is 0 Å². The van der Waals surface area contributed by atoms with Crippen LogP contribution < -0.4 is 5.32 Å². The summed E-state index contributed by atoms with van der Waals surface area (Å²) in [6, 6.07) is 31.3. The molecule has 0 amide bonds. The lowest BCUT2D eigenvalue weighted by Crippen LogP contribution is -2.14. The standard InChI is InChI=1S/C32H29N/c1-21-8-9-24-19-27(16-12-23(24)18-21)33-26-14-10-22(11-15-26)25-13-17-29-28-6-4-5-7-30(28)32(2,3)31(29)20-25/h4-17,19-21,33H,18H2,1-3H3. The third-order valence-corrected chi connectivity index (χ3v) is 7.38. The van der Waals surface area contributed by atoms with Gasteiger partial charge in [-0.25, -0.2) is 0 Å². The van der Waals surface area contributed by atoms with E-state index in [-0.39, 0.29) is 5.41 Å². The minimum Gasteiger partial charge on any atom is -0.356 e. The van der Waals surface area contributed by atoms with Crippen molar-refractivity contribution in [3.63, 3.8) is 0 Å². The van der Waals surface area contributed by atoms with Crippen LogP contribution in [0, 0.1) is 5.92 Å². The van der Waals surface area contributed by atoms with Crippen molar-refractivity contribution in [2.45, 2.75) is 32.6 Å². The molecule has 1 unspecified atom stereocenters. The van der Waals surface area contributed by atoms with E-state index in [0.717, 1.165) is 17.8 Å². The van der Waals surface area contributed by atoms with Crippen molar-refractivity contribution >= 4 is 17.5 Å². The Morgan fingerprint density at radius 3 is 2.30 bits per heavy atom. The van der Waals surface area contributed by atoms with Crippen LogP contribution in [0.5, 0.6) is 0 Å². The lowest BCUT2D eigenvalue weighted by atomic mass is 9.81. The molecule has 0 bridgehead atoms. The largest absolute Gasteiger partial charge is 0.356 e. The van der Waals surface area contributed by atoms with Gasteiger partial charge in [-0.2, -0.15) is 0 Å². The van der Waals surface area contributed by atoms with Crippen molar-refractivity contribution in [1.29, 1.82) is 0 Å². The molecule has 33 heavy (non-hydrogen) atoms. The van der Waals surface area contributed by atoms with E-state index in [9.17, 15) is 0 Å². The Labute approximate surface area is 196 Å². The van der Waals surface area contributed by atoms with Gasteiger partial charge < -0.3 is 5.32 Å². The van der Waals surface area contributed by atoms with Gasteiger partial charge in [0.05, 0.1) is 0 Å². The van der Waals surface area contributed by atoms with Gasteiger partial charge in [-0.1, -0.05) is 87.5 Å². The van der Waals surface area contributed by atoms with Crippen molar-refractivity contribution in [2.24, 2.45) is 5.92 Å². The normalized spacial score (nSPS) is 17.2. The van der Waals surface area contributed by atoms with E-state index in [1.807, 2.05) is 0 Å². The molecule has 4 aromatic carbocycles. The van der Waals surface area contributed by atoms with E-state index in [1.165, 1.54) is 44.5 Å². The molecule has 0 heterocycles. The van der Waals surface area contributed by atoms with Crippen molar-refractivity contribution in [2.75, 3.05) is 5.32 Å². The molecule has 0 fully saturated rings. The zero-order valence-corrected chi connectivity index (χ0v) is 19.5. The molecule has 2 aliphatic carbocycles. The molecular formula is C32H29N. The van der Waals surface area contributed by atoms with Gasteiger partial charge in [0.25, 0.3) is 0 Å². The highest BCUT2D eigenvalue weighted by Gasteiger charge is 2.35. The number of anilines is 2. The molecule has 1 atom stereocenters. The van der Waals surface area contributed by atoms with Crippen LogP contribution in [0.25, 0.3) is 28.3 Å². The van der Waals surface area contributed by atoms with E-state index in [2.05, 4.69) is 123 Å². The third-order valence-electron chi connectivity index (χ3n) is 7.38. The maximum Gasteiger partial charge on any atom is 0.0390 e. The average molecular weight is 428 g/mol. The zero-order valence-electron chi connectivity index (χ0n) is 19.5. The molecule has 1 heteroatoms. The molecule has 0 saturated carbocycles. The van der Waals surface area contributed by atoms with Gasteiger partial charge in [-0.05, 0) is 87.2 Å². The van der Waals surface area contributed by atoms with Crippen molar-refractivity contribution in [1.82, 2.24) is 0 Å².